The largest absolute Gasteiger partial charge is 0.344 e. The number of hydrogen-bond donors (Lipinski definition) is 2. The standard InChI is InChI=1S/C22H25N3O2/c1-13(2)15-9-11-16(12-10-15)19(14(3)4)23-22(27)20-17-7-5-6-8-18(17)21(26)25-24-20/h5-14,19H,1-4H3,(H,23,27)(H,25,26). The number of carbonyl (C=O) groups is 1. The lowest BCUT2D eigenvalue weighted by molar-refractivity contribution is 0.0921. The minimum atomic E-state index is -0.299. The van der Waals surface area contributed by atoms with Gasteiger partial charge >= 0.3 is 0 Å². The summed E-state index contributed by atoms with van der Waals surface area (Å²) >= 11 is 0. The van der Waals surface area contributed by atoms with Crippen LogP contribution in [0.2, 0.25) is 0 Å². The van der Waals surface area contributed by atoms with Crippen molar-refractivity contribution >= 4 is 16.7 Å². The van der Waals surface area contributed by atoms with Crippen LogP contribution in [0.4, 0.5) is 0 Å². The molecule has 1 unspecified atom stereocenters. The van der Waals surface area contributed by atoms with E-state index in [0.717, 1.165) is 5.56 Å². The Morgan fingerprint density at radius 1 is 0.926 bits per heavy atom. The zero-order valence-electron chi connectivity index (χ0n) is 16.1. The van der Waals surface area contributed by atoms with Crippen LogP contribution in [0.3, 0.4) is 0 Å². The Morgan fingerprint density at radius 2 is 1.52 bits per heavy atom. The first kappa shape index (κ1) is 18.8. The van der Waals surface area contributed by atoms with E-state index in [9.17, 15) is 9.59 Å². The van der Waals surface area contributed by atoms with Gasteiger partial charge in [0.2, 0.25) is 0 Å². The molecule has 0 aliphatic carbocycles. The topological polar surface area (TPSA) is 74.8 Å². The van der Waals surface area contributed by atoms with Crippen molar-refractivity contribution in [2.24, 2.45) is 5.92 Å². The van der Waals surface area contributed by atoms with Gasteiger partial charge in [0.15, 0.2) is 5.69 Å². The van der Waals surface area contributed by atoms with Gasteiger partial charge in [-0.1, -0.05) is 70.2 Å². The number of aromatic amines is 1. The van der Waals surface area contributed by atoms with E-state index in [0.29, 0.717) is 16.7 Å². The first-order valence-electron chi connectivity index (χ1n) is 9.26. The van der Waals surface area contributed by atoms with Gasteiger partial charge in [0.05, 0.1) is 11.4 Å². The smallest absolute Gasteiger partial charge is 0.272 e. The van der Waals surface area contributed by atoms with Gasteiger partial charge in [-0.25, -0.2) is 5.10 Å². The Hall–Kier alpha value is -2.95. The van der Waals surface area contributed by atoms with Crippen LogP contribution in [0, 0.1) is 5.92 Å². The first-order chi connectivity index (χ1) is 12.9. The first-order valence-corrected chi connectivity index (χ1v) is 9.26. The molecule has 1 atom stereocenters. The zero-order chi connectivity index (χ0) is 19.6. The summed E-state index contributed by atoms with van der Waals surface area (Å²) in [4.78, 5) is 24.9. The molecule has 0 saturated carbocycles. The number of carbonyl (C=O) groups excluding carboxylic acids is 1. The molecule has 3 aromatic rings. The Morgan fingerprint density at radius 3 is 2.11 bits per heavy atom. The molecule has 1 heterocycles. The molecule has 140 valence electrons. The third-order valence-electron chi connectivity index (χ3n) is 4.83. The van der Waals surface area contributed by atoms with Crippen LogP contribution in [-0.2, 0) is 0 Å². The van der Waals surface area contributed by atoms with Crippen LogP contribution in [0.25, 0.3) is 10.8 Å². The fourth-order valence-electron chi connectivity index (χ4n) is 3.22. The number of rotatable bonds is 5. The van der Waals surface area contributed by atoms with Gasteiger partial charge in [-0.2, -0.15) is 5.10 Å². The molecule has 0 aliphatic heterocycles. The summed E-state index contributed by atoms with van der Waals surface area (Å²) in [7, 11) is 0. The van der Waals surface area contributed by atoms with Gasteiger partial charge in [-0.15, -0.1) is 0 Å². The second-order valence-corrected chi connectivity index (χ2v) is 7.46. The molecule has 3 rings (SSSR count). The van der Waals surface area contributed by atoms with Crippen molar-refractivity contribution in [3.63, 3.8) is 0 Å². The fourth-order valence-corrected chi connectivity index (χ4v) is 3.22. The second-order valence-electron chi connectivity index (χ2n) is 7.46. The molecule has 2 N–H and O–H groups in total. The fraction of sp³-hybridized carbons (Fsp3) is 0.318. The van der Waals surface area contributed by atoms with E-state index in [1.807, 2.05) is 0 Å². The Bertz CT molecular complexity index is 1000. The van der Waals surface area contributed by atoms with E-state index in [1.54, 1.807) is 24.3 Å². The predicted molar refractivity (Wildman–Crippen MR) is 108 cm³/mol. The van der Waals surface area contributed by atoms with Gasteiger partial charge < -0.3 is 5.32 Å². The van der Waals surface area contributed by atoms with E-state index in [-0.39, 0.29) is 29.1 Å². The minimum Gasteiger partial charge on any atom is -0.344 e. The molecule has 1 aromatic heterocycles. The summed E-state index contributed by atoms with van der Waals surface area (Å²) in [6.45, 7) is 8.45. The average Bonchev–Trinajstić information content (AvgIpc) is 2.66. The summed E-state index contributed by atoms with van der Waals surface area (Å²) in [5.41, 5.74) is 2.25. The highest BCUT2D eigenvalue weighted by atomic mass is 16.2. The molecular formula is C22H25N3O2. The quantitative estimate of drug-likeness (QED) is 0.714. The summed E-state index contributed by atoms with van der Waals surface area (Å²) in [6, 6.07) is 15.2. The third kappa shape index (κ3) is 3.92. The maximum Gasteiger partial charge on any atom is 0.272 e. The Balaban J connectivity index is 1.93. The normalized spacial score (nSPS) is 12.5. The van der Waals surface area contributed by atoms with Gasteiger partial charge in [0, 0.05) is 5.39 Å². The summed E-state index contributed by atoms with van der Waals surface area (Å²) < 4.78 is 0. The van der Waals surface area contributed by atoms with Gasteiger partial charge in [-0.05, 0) is 29.0 Å². The van der Waals surface area contributed by atoms with Crippen LogP contribution < -0.4 is 10.9 Å². The van der Waals surface area contributed by atoms with E-state index in [1.165, 1.54) is 5.56 Å². The molecule has 1 amide bonds. The molecular weight excluding hydrogens is 338 g/mol. The number of H-pyrrole nitrogens is 1. The Kier molecular flexibility index (Phi) is 5.40. The highest BCUT2D eigenvalue weighted by Crippen LogP contribution is 2.25. The molecule has 2 aromatic carbocycles. The number of amides is 1. The van der Waals surface area contributed by atoms with E-state index in [2.05, 4.69) is 67.5 Å². The zero-order valence-corrected chi connectivity index (χ0v) is 16.1. The lowest BCUT2D eigenvalue weighted by Crippen LogP contribution is -2.33. The highest BCUT2D eigenvalue weighted by Gasteiger charge is 2.22. The second kappa shape index (κ2) is 7.74. The number of benzene rings is 2. The monoisotopic (exact) mass is 363 g/mol. The van der Waals surface area contributed by atoms with Crippen LogP contribution in [0.15, 0.2) is 53.3 Å². The minimum absolute atomic E-state index is 0.147. The average molecular weight is 363 g/mol. The van der Waals surface area contributed by atoms with Crippen molar-refractivity contribution in [3.8, 4) is 0 Å². The maximum absolute atomic E-state index is 12.9. The molecule has 5 nitrogen and oxygen atoms in total. The SMILES string of the molecule is CC(C)c1ccc(C(NC(=O)c2n[nH]c(=O)c3ccccc23)C(C)C)cc1. The number of fused-ring (bicyclic) bond motifs is 1. The van der Waals surface area contributed by atoms with Crippen molar-refractivity contribution < 1.29 is 4.79 Å². The molecule has 0 radical (unpaired) electrons. The molecule has 0 fully saturated rings. The van der Waals surface area contributed by atoms with E-state index >= 15 is 0 Å². The molecule has 0 bridgehead atoms. The van der Waals surface area contributed by atoms with Gasteiger partial charge in [0.25, 0.3) is 11.5 Å². The summed E-state index contributed by atoms with van der Waals surface area (Å²) in [5, 5.41) is 10.5. The van der Waals surface area contributed by atoms with Gasteiger partial charge in [0.1, 0.15) is 0 Å². The third-order valence-corrected chi connectivity index (χ3v) is 4.83. The summed E-state index contributed by atoms with van der Waals surface area (Å²) in [5.74, 6) is 0.366. The number of nitrogens with zero attached hydrogens (tertiary/aromatic N) is 1. The lowest BCUT2D eigenvalue weighted by atomic mass is 9.93. The highest BCUT2D eigenvalue weighted by molar-refractivity contribution is 6.04. The number of hydrogen-bond acceptors (Lipinski definition) is 3. The maximum atomic E-state index is 12.9. The van der Waals surface area contributed by atoms with Crippen LogP contribution >= 0.6 is 0 Å². The number of aromatic nitrogens is 2. The molecule has 0 saturated heterocycles. The van der Waals surface area contributed by atoms with Crippen LogP contribution in [0.5, 0.6) is 0 Å². The molecule has 5 heteroatoms. The van der Waals surface area contributed by atoms with Crippen molar-refractivity contribution in [3.05, 3.63) is 75.7 Å². The summed E-state index contributed by atoms with van der Waals surface area (Å²) in [6.07, 6.45) is 0. The van der Waals surface area contributed by atoms with Crippen molar-refractivity contribution in [2.45, 2.75) is 39.7 Å². The van der Waals surface area contributed by atoms with E-state index in [4.69, 9.17) is 0 Å². The van der Waals surface area contributed by atoms with Crippen LogP contribution in [0.1, 0.15) is 61.3 Å². The predicted octanol–water partition coefficient (Wildman–Crippen LogP) is 4.17. The van der Waals surface area contributed by atoms with E-state index < -0.39 is 0 Å². The Labute approximate surface area is 158 Å². The molecule has 0 spiro atoms. The van der Waals surface area contributed by atoms with Crippen LogP contribution in [-0.4, -0.2) is 16.1 Å². The van der Waals surface area contributed by atoms with Crippen molar-refractivity contribution in [1.82, 2.24) is 15.5 Å². The molecule has 0 aliphatic rings. The van der Waals surface area contributed by atoms with Crippen molar-refractivity contribution in [2.75, 3.05) is 0 Å². The molecule has 27 heavy (non-hydrogen) atoms. The number of nitrogens with one attached hydrogen (secondary N) is 2. The lowest BCUT2D eigenvalue weighted by Gasteiger charge is -2.23. The van der Waals surface area contributed by atoms with Gasteiger partial charge in [-0.3, -0.25) is 9.59 Å². The van der Waals surface area contributed by atoms with Crippen molar-refractivity contribution in [1.29, 1.82) is 0 Å².